The fraction of sp³-hybridized carbons (Fsp3) is 0.300. The van der Waals surface area contributed by atoms with Crippen LogP contribution in [0, 0.1) is 0 Å². The quantitative estimate of drug-likeness (QED) is 0.727. The smallest absolute Gasteiger partial charge is 0.264 e. The minimum absolute atomic E-state index is 0.298. The number of rotatable bonds is 6. The number of aliphatic hydroxyl groups is 1. The topological polar surface area (TPSA) is 66.8 Å². The molecule has 1 aliphatic heterocycles. The number of hydrogen-bond donors (Lipinski definition) is 1. The maximum absolute atomic E-state index is 12.9. The minimum atomic E-state index is -1.86. The lowest BCUT2D eigenvalue weighted by Gasteiger charge is -2.22. The minimum Gasteiger partial charge on any atom is -0.497 e. The van der Waals surface area contributed by atoms with Gasteiger partial charge in [0.2, 0.25) is 0 Å². The number of carbonyl (C=O) groups is 2. The van der Waals surface area contributed by atoms with E-state index in [2.05, 4.69) is 15.9 Å². The summed E-state index contributed by atoms with van der Waals surface area (Å²) in [6, 6.07) is 12.0. The van der Waals surface area contributed by atoms with Crippen LogP contribution in [0.3, 0.4) is 0 Å². The summed E-state index contributed by atoms with van der Waals surface area (Å²) in [5, 5.41) is 11.2. The van der Waals surface area contributed by atoms with Crippen LogP contribution in [0.4, 0.5) is 5.69 Å². The van der Waals surface area contributed by atoms with Crippen molar-refractivity contribution >= 4 is 33.3 Å². The Morgan fingerprint density at radius 1 is 1.23 bits per heavy atom. The van der Waals surface area contributed by atoms with Gasteiger partial charge in [-0.05, 0) is 48.9 Å². The van der Waals surface area contributed by atoms with Crippen LogP contribution in [0.5, 0.6) is 5.75 Å². The molecule has 0 fully saturated rings. The summed E-state index contributed by atoms with van der Waals surface area (Å²) in [4.78, 5) is 27.2. The second-order valence-electron chi connectivity index (χ2n) is 6.31. The van der Waals surface area contributed by atoms with E-state index in [-0.39, 0.29) is 12.2 Å². The van der Waals surface area contributed by atoms with Gasteiger partial charge in [0.05, 0.1) is 19.2 Å². The molecule has 2 aromatic carbocycles. The number of amides is 1. The highest BCUT2D eigenvalue weighted by atomic mass is 79.9. The van der Waals surface area contributed by atoms with Crippen LogP contribution in [-0.4, -0.2) is 30.5 Å². The highest BCUT2D eigenvalue weighted by Gasteiger charge is 2.50. The Morgan fingerprint density at radius 3 is 2.54 bits per heavy atom. The lowest BCUT2D eigenvalue weighted by molar-refractivity contribution is -0.135. The van der Waals surface area contributed by atoms with E-state index in [1.165, 1.54) is 0 Å². The van der Waals surface area contributed by atoms with Gasteiger partial charge in [-0.25, -0.2) is 0 Å². The molecule has 1 atom stereocenters. The second kappa shape index (κ2) is 7.21. The monoisotopic (exact) mass is 417 g/mol. The maximum atomic E-state index is 12.9. The molecular weight excluding hydrogens is 398 g/mol. The van der Waals surface area contributed by atoms with E-state index in [4.69, 9.17) is 4.74 Å². The Morgan fingerprint density at radius 2 is 1.92 bits per heavy atom. The van der Waals surface area contributed by atoms with Crippen molar-refractivity contribution in [3.8, 4) is 5.75 Å². The number of carbonyl (C=O) groups excluding carboxylic acids is 2. The zero-order valence-corrected chi connectivity index (χ0v) is 16.2. The third kappa shape index (κ3) is 3.15. The highest BCUT2D eigenvalue weighted by molar-refractivity contribution is 9.10. The van der Waals surface area contributed by atoms with Crippen LogP contribution in [0.25, 0.3) is 0 Å². The van der Waals surface area contributed by atoms with Crippen molar-refractivity contribution in [2.24, 2.45) is 0 Å². The van der Waals surface area contributed by atoms with Gasteiger partial charge in [0.1, 0.15) is 5.75 Å². The number of ketones is 1. The van der Waals surface area contributed by atoms with E-state index in [0.717, 1.165) is 10.9 Å². The summed E-state index contributed by atoms with van der Waals surface area (Å²) < 4.78 is 5.84. The molecule has 0 spiro atoms. The highest BCUT2D eigenvalue weighted by Crippen LogP contribution is 2.44. The number of hydrogen-bond acceptors (Lipinski definition) is 4. The molecule has 5 nitrogen and oxygen atoms in total. The molecule has 6 heteroatoms. The molecule has 1 N–H and O–H groups in total. The van der Waals surface area contributed by atoms with Crippen LogP contribution in [-0.2, 0) is 10.4 Å². The van der Waals surface area contributed by atoms with Gasteiger partial charge in [-0.1, -0.05) is 22.9 Å². The summed E-state index contributed by atoms with van der Waals surface area (Å²) in [7, 11) is 1.55. The summed E-state index contributed by atoms with van der Waals surface area (Å²) in [5.74, 6) is -0.109. The molecule has 0 saturated carbocycles. The number of ether oxygens (including phenoxy) is 1. The second-order valence-corrected chi connectivity index (χ2v) is 7.22. The molecule has 1 amide bonds. The molecule has 2 aromatic rings. The Labute approximate surface area is 160 Å². The number of methoxy groups -OCH3 is 1. The number of anilines is 1. The van der Waals surface area contributed by atoms with E-state index in [0.29, 0.717) is 29.1 Å². The molecule has 0 saturated heterocycles. The van der Waals surface area contributed by atoms with E-state index in [1.807, 2.05) is 13.0 Å². The van der Waals surface area contributed by atoms with Gasteiger partial charge >= 0.3 is 0 Å². The SMILES string of the molecule is CCCN1C(=O)[C@@](O)(CC(=O)c2ccc(OC)cc2)c2cc(Br)ccc21. The van der Waals surface area contributed by atoms with Gasteiger partial charge in [-0.2, -0.15) is 0 Å². The first-order valence-corrected chi connectivity index (χ1v) is 9.21. The largest absolute Gasteiger partial charge is 0.497 e. The number of benzene rings is 2. The Hall–Kier alpha value is -2.18. The van der Waals surface area contributed by atoms with E-state index in [9.17, 15) is 14.7 Å². The molecule has 0 unspecified atom stereocenters. The predicted octanol–water partition coefficient (Wildman–Crippen LogP) is 3.67. The molecular formula is C20H20BrNO4. The van der Waals surface area contributed by atoms with Crippen molar-refractivity contribution in [2.75, 3.05) is 18.6 Å². The first kappa shape index (κ1) is 18.6. The molecule has 3 rings (SSSR count). The number of nitrogens with zero attached hydrogens (tertiary/aromatic N) is 1. The van der Waals surface area contributed by atoms with Crippen LogP contribution >= 0.6 is 15.9 Å². The van der Waals surface area contributed by atoms with E-state index in [1.54, 1.807) is 48.4 Å². The fourth-order valence-corrected chi connectivity index (χ4v) is 3.61. The zero-order valence-electron chi connectivity index (χ0n) is 14.7. The molecule has 136 valence electrons. The van der Waals surface area contributed by atoms with Gasteiger partial charge in [0.15, 0.2) is 11.4 Å². The molecule has 1 aliphatic rings. The van der Waals surface area contributed by atoms with Gasteiger partial charge < -0.3 is 14.7 Å². The molecule has 0 radical (unpaired) electrons. The Bertz CT molecular complexity index is 849. The standard InChI is InChI=1S/C20H20BrNO4/c1-3-10-22-17-9-6-14(21)11-16(17)20(25,19(22)24)12-18(23)13-4-7-15(26-2)8-5-13/h4-9,11,25H,3,10,12H2,1-2H3/t20-/m1/s1. The number of halogens is 1. The van der Waals surface area contributed by atoms with E-state index < -0.39 is 11.5 Å². The Balaban J connectivity index is 1.96. The molecule has 0 aromatic heterocycles. The van der Waals surface area contributed by atoms with Crippen molar-refractivity contribution in [3.63, 3.8) is 0 Å². The van der Waals surface area contributed by atoms with Crippen LogP contribution in [0.1, 0.15) is 35.7 Å². The molecule has 26 heavy (non-hydrogen) atoms. The lowest BCUT2D eigenvalue weighted by Crippen LogP contribution is -2.42. The summed E-state index contributed by atoms with van der Waals surface area (Å²) in [5.41, 5.74) is -0.305. The first-order chi connectivity index (χ1) is 12.4. The summed E-state index contributed by atoms with van der Waals surface area (Å²) >= 11 is 3.38. The van der Waals surface area contributed by atoms with Gasteiger partial charge in [-0.3, -0.25) is 9.59 Å². The average Bonchev–Trinajstić information content (AvgIpc) is 2.84. The third-order valence-corrected chi connectivity index (χ3v) is 5.06. The fourth-order valence-electron chi connectivity index (χ4n) is 3.25. The van der Waals surface area contributed by atoms with Gasteiger partial charge in [0, 0.05) is 22.1 Å². The number of Topliss-reactive ketones (excluding diaryl/α,β-unsaturated/α-hetero) is 1. The molecule has 0 aliphatic carbocycles. The van der Waals surface area contributed by atoms with Gasteiger partial charge in [-0.15, -0.1) is 0 Å². The summed E-state index contributed by atoms with van der Waals surface area (Å²) in [6.45, 7) is 2.46. The van der Waals surface area contributed by atoms with Crippen molar-refractivity contribution in [1.82, 2.24) is 0 Å². The molecule has 1 heterocycles. The van der Waals surface area contributed by atoms with E-state index >= 15 is 0 Å². The predicted molar refractivity (Wildman–Crippen MR) is 103 cm³/mol. The molecule has 0 bridgehead atoms. The van der Waals surface area contributed by atoms with Crippen molar-refractivity contribution in [1.29, 1.82) is 0 Å². The average molecular weight is 418 g/mol. The van der Waals surface area contributed by atoms with Crippen molar-refractivity contribution in [3.05, 3.63) is 58.1 Å². The van der Waals surface area contributed by atoms with Crippen LogP contribution in [0.15, 0.2) is 46.9 Å². The Kier molecular flexibility index (Phi) is 5.16. The normalized spacial score (nSPS) is 18.8. The van der Waals surface area contributed by atoms with Crippen molar-refractivity contribution in [2.45, 2.75) is 25.4 Å². The summed E-state index contributed by atoms with van der Waals surface area (Å²) in [6.07, 6.45) is 0.450. The third-order valence-electron chi connectivity index (χ3n) is 4.57. The van der Waals surface area contributed by atoms with Gasteiger partial charge in [0.25, 0.3) is 5.91 Å². The van der Waals surface area contributed by atoms with Crippen LogP contribution in [0.2, 0.25) is 0 Å². The van der Waals surface area contributed by atoms with Crippen LogP contribution < -0.4 is 9.64 Å². The maximum Gasteiger partial charge on any atom is 0.264 e. The van der Waals surface area contributed by atoms with Crippen molar-refractivity contribution < 1.29 is 19.4 Å². The number of fused-ring (bicyclic) bond motifs is 1. The lowest BCUT2D eigenvalue weighted by atomic mass is 9.88. The zero-order chi connectivity index (χ0) is 18.9. The first-order valence-electron chi connectivity index (χ1n) is 8.42.